The van der Waals surface area contributed by atoms with Gasteiger partial charge in [-0.15, -0.1) is 12.6 Å². The van der Waals surface area contributed by atoms with Gasteiger partial charge in [0.15, 0.2) is 0 Å². The lowest BCUT2D eigenvalue weighted by Crippen LogP contribution is -2.35. The summed E-state index contributed by atoms with van der Waals surface area (Å²) in [6.45, 7) is 5.61. The fourth-order valence-corrected chi connectivity index (χ4v) is 4.85. The second kappa shape index (κ2) is 11.3. The molecule has 0 saturated carbocycles. The number of halogens is 3. The molecule has 0 radical (unpaired) electrons. The fraction of sp³-hybridized carbons (Fsp3) is 0.241. The molecule has 1 fully saturated rings. The molecule has 4 aromatic rings. The third-order valence-corrected chi connectivity index (χ3v) is 7.22. The van der Waals surface area contributed by atoms with Gasteiger partial charge < -0.3 is 15.4 Å². The van der Waals surface area contributed by atoms with Crippen LogP contribution in [-0.2, 0) is 17.5 Å². The summed E-state index contributed by atoms with van der Waals surface area (Å²) in [7, 11) is 0. The van der Waals surface area contributed by atoms with E-state index in [1.165, 1.54) is 0 Å². The molecule has 0 atom stereocenters. The number of hydrogen-bond donors (Lipinski definition) is 3. The highest BCUT2D eigenvalue weighted by atomic mass is 32.1. The lowest BCUT2D eigenvalue weighted by atomic mass is 9.98. The Morgan fingerprint density at radius 3 is 2.41 bits per heavy atom. The molecule has 1 aliphatic rings. The number of alkyl halides is 3. The number of carbonyl (C=O) groups excluding carboxylic acids is 1. The van der Waals surface area contributed by atoms with Crippen LogP contribution < -0.4 is 10.6 Å². The average Bonchev–Trinajstić information content (AvgIpc) is 2.92. The van der Waals surface area contributed by atoms with Crippen molar-refractivity contribution in [1.82, 2.24) is 9.88 Å². The number of nitrogens with zero attached hydrogens (tertiary/aromatic N) is 2. The Balaban J connectivity index is 1.37. The van der Waals surface area contributed by atoms with Gasteiger partial charge in [-0.2, -0.15) is 13.2 Å². The zero-order chi connectivity index (χ0) is 27.6. The van der Waals surface area contributed by atoms with E-state index in [4.69, 9.17) is 4.74 Å². The van der Waals surface area contributed by atoms with E-state index in [9.17, 15) is 18.0 Å². The van der Waals surface area contributed by atoms with Crippen LogP contribution >= 0.6 is 12.6 Å². The van der Waals surface area contributed by atoms with Crippen LogP contribution in [0.15, 0.2) is 71.8 Å². The molecule has 1 saturated heterocycles. The topological polar surface area (TPSA) is 66.5 Å². The van der Waals surface area contributed by atoms with Gasteiger partial charge in [0, 0.05) is 47.4 Å². The second-order valence-corrected chi connectivity index (χ2v) is 9.86. The van der Waals surface area contributed by atoms with Crippen molar-refractivity contribution >= 4 is 40.8 Å². The van der Waals surface area contributed by atoms with Crippen LogP contribution in [0.25, 0.3) is 21.9 Å². The molecule has 1 aliphatic heterocycles. The first kappa shape index (κ1) is 27.0. The Kier molecular flexibility index (Phi) is 7.79. The lowest BCUT2D eigenvalue weighted by molar-refractivity contribution is -0.137. The summed E-state index contributed by atoms with van der Waals surface area (Å²) >= 11 is 4.14. The number of anilines is 2. The molecule has 0 spiro atoms. The maximum absolute atomic E-state index is 13.3. The number of benzene rings is 3. The Morgan fingerprint density at radius 1 is 1.00 bits per heavy atom. The van der Waals surface area contributed by atoms with Crippen molar-refractivity contribution < 1.29 is 22.7 Å². The molecule has 2 N–H and O–H groups in total. The van der Waals surface area contributed by atoms with Gasteiger partial charge >= 0.3 is 12.2 Å². The summed E-state index contributed by atoms with van der Waals surface area (Å²) in [6, 6.07) is 16.6. The average molecular weight is 553 g/mol. The van der Waals surface area contributed by atoms with Crippen LogP contribution in [0.3, 0.4) is 0 Å². The highest BCUT2D eigenvalue weighted by molar-refractivity contribution is 7.80. The van der Waals surface area contributed by atoms with Crippen LogP contribution in [0.4, 0.5) is 29.3 Å². The zero-order valence-corrected chi connectivity index (χ0v) is 22.1. The molecule has 0 bridgehead atoms. The van der Waals surface area contributed by atoms with Gasteiger partial charge in [-0.05, 0) is 47.7 Å². The zero-order valence-electron chi connectivity index (χ0n) is 21.2. The van der Waals surface area contributed by atoms with Crippen LogP contribution in [0.1, 0.15) is 16.8 Å². The molecule has 6 nitrogen and oxygen atoms in total. The molecule has 10 heteroatoms. The van der Waals surface area contributed by atoms with E-state index in [1.807, 2.05) is 48.7 Å². The third kappa shape index (κ3) is 6.19. The number of hydrogen-bond acceptors (Lipinski definition) is 5. The van der Waals surface area contributed by atoms with Crippen molar-refractivity contribution in [2.45, 2.75) is 24.5 Å². The lowest BCUT2D eigenvalue weighted by Gasteiger charge is -2.26. The quantitative estimate of drug-likeness (QED) is 0.234. The Hall–Kier alpha value is -3.60. The van der Waals surface area contributed by atoms with Gasteiger partial charge in [-0.25, -0.2) is 4.79 Å². The van der Waals surface area contributed by atoms with Gasteiger partial charge in [-0.1, -0.05) is 36.4 Å². The van der Waals surface area contributed by atoms with E-state index in [2.05, 4.69) is 33.1 Å². The Morgan fingerprint density at radius 2 is 1.72 bits per heavy atom. The maximum Gasteiger partial charge on any atom is 0.416 e. The minimum Gasteiger partial charge on any atom is -0.379 e. The number of amides is 2. The number of thiol groups is 1. The van der Waals surface area contributed by atoms with Crippen molar-refractivity contribution in [3.63, 3.8) is 0 Å². The summed E-state index contributed by atoms with van der Waals surface area (Å²) in [5, 5.41) is 7.02. The van der Waals surface area contributed by atoms with Crippen LogP contribution in [0, 0.1) is 6.92 Å². The minimum absolute atomic E-state index is 0.0384. The van der Waals surface area contributed by atoms with Crippen molar-refractivity contribution in [2.24, 2.45) is 0 Å². The number of morpholine rings is 1. The standard InChI is InChI=1S/C29H27F3N4O2S/c1-18-26(14-20(15-27(18)39)29(30,31)32)35-28(37)34-25-9-8-22(23-4-2-3-5-24(23)25)19-6-7-21(33-16-19)17-36-10-12-38-13-11-36/h2-9,14-16,39H,10-13,17H2,1H3,(H2,34,35,37). The molecule has 202 valence electrons. The fourth-order valence-electron chi connectivity index (χ4n) is 4.59. The van der Waals surface area contributed by atoms with Gasteiger partial charge in [-0.3, -0.25) is 9.88 Å². The molecule has 39 heavy (non-hydrogen) atoms. The van der Waals surface area contributed by atoms with E-state index in [1.54, 1.807) is 13.0 Å². The van der Waals surface area contributed by atoms with Gasteiger partial charge in [0.05, 0.1) is 30.2 Å². The summed E-state index contributed by atoms with van der Waals surface area (Å²) in [4.78, 5) is 20.0. The first-order valence-electron chi connectivity index (χ1n) is 12.4. The SMILES string of the molecule is Cc1c(S)cc(C(F)(F)F)cc1NC(=O)Nc1ccc(-c2ccc(CN3CCOCC3)nc2)c2ccccc12. The molecule has 5 rings (SSSR count). The molecular formula is C29H27F3N4O2S. The molecule has 2 heterocycles. The molecule has 2 amide bonds. The number of pyridine rings is 1. The smallest absolute Gasteiger partial charge is 0.379 e. The van der Waals surface area contributed by atoms with E-state index < -0.39 is 17.8 Å². The number of carbonyl (C=O) groups is 1. The number of ether oxygens (including phenoxy) is 1. The highest BCUT2D eigenvalue weighted by Crippen LogP contribution is 2.36. The van der Waals surface area contributed by atoms with Crippen molar-refractivity contribution in [3.8, 4) is 11.1 Å². The largest absolute Gasteiger partial charge is 0.416 e. The number of fused-ring (bicyclic) bond motifs is 1. The van der Waals surface area contributed by atoms with Gasteiger partial charge in [0.2, 0.25) is 0 Å². The molecule has 0 aliphatic carbocycles. The number of aromatic nitrogens is 1. The Labute approximate surface area is 229 Å². The van der Waals surface area contributed by atoms with Crippen LogP contribution in [-0.4, -0.2) is 42.2 Å². The van der Waals surface area contributed by atoms with E-state index >= 15 is 0 Å². The van der Waals surface area contributed by atoms with Crippen LogP contribution in [0.5, 0.6) is 0 Å². The number of nitrogens with one attached hydrogen (secondary N) is 2. The highest BCUT2D eigenvalue weighted by Gasteiger charge is 2.31. The van der Waals surface area contributed by atoms with E-state index in [-0.39, 0.29) is 10.6 Å². The number of urea groups is 1. The van der Waals surface area contributed by atoms with E-state index in [0.29, 0.717) is 11.3 Å². The van der Waals surface area contributed by atoms with Crippen molar-refractivity contribution in [1.29, 1.82) is 0 Å². The normalized spacial score (nSPS) is 14.4. The summed E-state index contributed by atoms with van der Waals surface area (Å²) in [5.41, 5.74) is 2.99. The number of rotatable bonds is 5. The van der Waals surface area contributed by atoms with E-state index in [0.717, 1.165) is 72.6 Å². The summed E-state index contributed by atoms with van der Waals surface area (Å²) in [5.74, 6) is 0. The van der Waals surface area contributed by atoms with Crippen LogP contribution in [0.2, 0.25) is 0 Å². The Bertz CT molecular complexity index is 1500. The molecule has 0 unspecified atom stereocenters. The minimum atomic E-state index is -4.56. The molecule has 3 aromatic carbocycles. The second-order valence-electron chi connectivity index (χ2n) is 9.38. The monoisotopic (exact) mass is 552 g/mol. The van der Waals surface area contributed by atoms with Crippen molar-refractivity contribution in [3.05, 3.63) is 83.7 Å². The third-order valence-electron chi connectivity index (χ3n) is 6.75. The predicted molar refractivity (Wildman–Crippen MR) is 149 cm³/mol. The maximum atomic E-state index is 13.3. The first-order chi connectivity index (χ1) is 18.7. The first-order valence-corrected chi connectivity index (χ1v) is 12.9. The summed E-state index contributed by atoms with van der Waals surface area (Å²) < 4.78 is 45.2. The van der Waals surface area contributed by atoms with Crippen molar-refractivity contribution in [2.75, 3.05) is 36.9 Å². The molecule has 1 aromatic heterocycles. The predicted octanol–water partition coefficient (Wildman–Crippen LogP) is 6.99. The molecular weight excluding hydrogens is 525 g/mol. The summed E-state index contributed by atoms with van der Waals surface area (Å²) in [6.07, 6.45) is -2.71. The van der Waals surface area contributed by atoms with Gasteiger partial charge in [0.1, 0.15) is 0 Å². The van der Waals surface area contributed by atoms with Gasteiger partial charge in [0.25, 0.3) is 0 Å².